The number of nitrogens with one attached hydrogen (secondary N) is 1. The minimum Gasteiger partial charge on any atom is -0.481 e. The molecule has 2 N–H and O–H groups in total. The number of fused-ring (bicyclic) bond motifs is 3. The zero-order valence-corrected chi connectivity index (χ0v) is 19.3. The SMILES string of the molecule is CN(C(=O)CC1CC(NC(=O)OCC2c3ccccc3-c3ccccc32)C1)C1CC(C(=O)O)C1. The lowest BCUT2D eigenvalue weighted by Crippen LogP contribution is -2.50. The number of alkyl carbamates (subject to hydrolysis) is 1. The maximum atomic E-state index is 12.5. The van der Waals surface area contributed by atoms with E-state index in [2.05, 4.69) is 29.6 Å². The van der Waals surface area contributed by atoms with Gasteiger partial charge in [0.2, 0.25) is 5.91 Å². The third-order valence-electron chi connectivity index (χ3n) is 7.77. The number of amides is 2. The van der Waals surface area contributed by atoms with Gasteiger partial charge in [0, 0.05) is 31.5 Å². The van der Waals surface area contributed by atoms with Crippen molar-refractivity contribution in [3.05, 3.63) is 59.7 Å². The summed E-state index contributed by atoms with van der Waals surface area (Å²) in [6, 6.07) is 16.5. The predicted octanol–water partition coefficient (Wildman–Crippen LogP) is 4.02. The van der Waals surface area contributed by atoms with Crippen LogP contribution in [0.5, 0.6) is 0 Å². The maximum absolute atomic E-state index is 12.5. The van der Waals surface area contributed by atoms with Crippen LogP contribution in [0.3, 0.4) is 0 Å². The molecule has 0 aromatic heterocycles. The van der Waals surface area contributed by atoms with Crippen molar-refractivity contribution in [2.45, 2.75) is 50.1 Å². The first-order valence-corrected chi connectivity index (χ1v) is 12.0. The number of carboxylic acids is 1. The summed E-state index contributed by atoms with van der Waals surface area (Å²) in [5.74, 6) is -0.775. The van der Waals surface area contributed by atoms with Gasteiger partial charge in [-0.25, -0.2) is 4.79 Å². The lowest BCUT2D eigenvalue weighted by molar-refractivity contribution is -0.150. The van der Waals surface area contributed by atoms with Crippen LogP contribution in [0.25, 0.3) is 11.1 Å². The molecule has 3 aliphatic rings. The molecular weight excluding hydrogens is 432 g/mol. The fourth-order valence-corrected chi connectivity index (χ4v) is 5.53. The monoisotopic (exact) mass is 462 g/mol. The summed E-state index contributed by atoms with van der Waals surface area (Å²) in [6.07, 6.45) is 2.61. The number of hydrogen-bond donors (Lipinski definition) is 2. The van der Waals surface area contributed by atoms with E-state index in [9.17, 15) is 14.4 Å². The average Bonchev–Trinajstić information content (AvgIpc) is 3.08. The van der Waals surface area contributed by atoms with Gasteiger partial charge in [-0.3, -0.25) is 9.59 Å². The molecule has 2 fully saturated rings. The van der Waals surface area contributed by atoms with Crippen molar-refractivity contribution in [2.75, 3.05) is 13.7 Å². The Labute approximate surface area is 199 Å². The second kappa shape index (κ2) is 9.12. The molecule has 0 saturated heterocycles. The third-order valence-corrected chi connectivity index (χ3v) is 7.77. The van der Waals surface area contributed by atoms with E-state index in [0.717, 1.165) is 12.8 Å². The smallest absolute Gasteiger partial charge is 0.407 e. The van der Waals surface area contributed by atoms with Gasteiger partial charge in [0.15, 0.2) is 0 Å². The van der Waals surface area contributed by atoms with E-state index in [1.54, 1.807) is 11.9 Å². The highest BCUT2D eigenvalue weighted by atomic mass is 16.5. The van der Waals surface area contributed by atoms with Crippen molar-refractivity contribution in [3.63, 3.8) is 0 Å². The highest BCUT2D eigenvalue weighted by Crippen LogP contribution is 2.44. The van der Waals surface area contributed by atoms with Crippen LogP contribution in [0.1, 0.15) is 49.1 Å². The van der Waals surface area contributed by atoms with Gasteiger partial charge in [-0.15, -0.1) is 0 Å². The predicted molar refractivity (Wildman–Crippen MR) is 126 cm³/mol. The van der Waals surface area contributed by atoms with E-state index >= 15 is 0 Å². The van der Waals surface area contributed by atoms with Crippen LogP contribution in [0.2, 0.25) is 0 Å². The average molecular weight is 463 g/mol. The standard InChI is InChI=1S/C27H30N2O5/c1-29(19-13-17(14-19)26(31)32)25(30)12-16-10-18(11-16)28-27(33)34-15-24-22-8-4-2-6-20(22)21-7-3-5-9-23(21)24/h2-9,16-19,24H,10-15H2,1H3,(H,28,33)(H,31,32). The topological polar surface area (TPSA) is 95.9 Å². The van der Waals surface area contributed by atoms with E-state index in [4.69, 9.17) is 9.84 Å². The van der Waals surface area contributed by atoms with E-state index in [1.165, 1.54) is 22.3 Å². The second-order valence-corrected chi connectivity index (χ2v) is 9.87. The van der Waals surface area contributed by atoms with E-state index in [-0.39, 0.29) is 42.4 Å². The number of nitrogens with zero attached hydrogens (tertiary/aromatic N) is 1. The van der Waals surface area contributed by atoms with Gasteiger partial charge in [-0.2, -0.15) is 0 Å². The largest absolute Gasteiger partial charge is 0.481 e. The van der Waals surface area contributed by atoms with Gasteiger partial charge >= 0.3 is 12.1 Å². The van der Waals surface area contributed by atoms with Crippen LogP contribution in [-0.4, -0.2) is 53.7 Å². The third kappa shape index (κ3) is 4.27. The van der Waals surface area contributed by atoms with Crippen molar-refractivity contribution < 1.29 is 24.2 Å². The Hall–Kier alpha value is -3.35. The van der Waals surface area contributed by atoms with E-state index < -0.39 is 12.1 Å². The molecule has 34 heavy (non-hydrogen) atoms. The minimum absolute atomic E-state index is 0.0267. The Morgan fingerprint density at radius 1 is 0.971 bits per heavy atom. The number of rotatable bonds is 7. The molecule has 2 aromatic rings. The van der Waals surface area contributed by atoms with Crippen molar-refractivity contribution in [3.8, 4) is 11.1 Å². The first-order chi connectivity index (χ1) is 16.4. The lowest BCUT2D eigenvalue weighted by Gasteiger charge is -2.41. The van der Waals surface area contributed by atoms with Crippen LogP contribution in [-0.2, 0) is 14.3 Å². The number of ether oxygens (including phenoxy) is 1. The molecule has 5 rings (SSSR count). The molecular formula is C27H30N2O5. The Bertz CT molecular complexity index is 1060. The Morgan fingerprint density at radius 2 is 1.56 bits per heavy atom. The van der Waals surface area contributed by atoms with Gasteiger partial charge in [0.05, 0.1) is 5.92 Å². The number of aliphatic carboxylic acids is 1. The summed E-state index contributed by atoms with van der Waals surface area (Å²) in [5, 5.41) is 11.9. The Morgan fingerprint density at radius 3 is 2.15 bits per heavy atom. The van der Waals surface area contributed by atoms with Crippen LogP contribution >= 0.6 is 0 Å². The summed E-state index contributed by atoms with van der Waals surface area (Å²) < 4.78 is 5.61. The highest BCUT2D eigenvalue weighted by molar-refractivity contribution is 5.79. The Kier molecular flexibility index (Phi) is 6.02. The molecule has 7 heteroatoms. The molecule has 2 aromatic carbocycles. The van der Waals surface area contributed by atoms with Crippen LogP contribution < -0.4 is 5.32 Å². The fourth-order valence-electron chi connectivity index (χ4n) is 5.53. The molecule has 0 unspecified atom stereocenters. The van der Waals surface area contributed by atoms with Gasteiger partial charge in [0.25, 0.3) is 0 Å². The Balaban J connectivity index is 1.05. The number of carbonyl (C=O) groups excluding carboxylic acids is 2. The van der Waals surface area contributed by atoms with E-state index in [0.29, 0.717) is 19.3 Å². The zero-order chi connectivity index (χ0) is 23.8. The summed E-state index contributed by atoms with van der Waals surface area (Å²) in [7, 11) is 1.76. The lowest BCUT2D eigenvalue weighted by atomic mass is 9.76. The van der Waals surface area contributed by atoms with Gasteiger partial charge in [0.1, 0.15) is 6.61 Å². The molecule has 0 radical (unpaired) electrons. The summed E-state index contributed by atoms with van der Waals surface area (Å²) in [6.45, 7) is 0.290. The number of hydrogen-bond acceptors (Lipinski definition) is 4. The first kappa shape index (κ1) is 22.4. The molecule has 0 heterocycles. The normalized spacial score (nSPS) is 24.7. The number of carbonyl (C=O) groups is 3. The van der Waals surface area contributed by atoms with Crippen molar-refractivity contribution in [2.24, 2.45) is 11.8 Å². The van der Waals surface area contributed by atoms with Gasteiger partial charge in [-0.05, 0) is 53.9 Å². The fraction of sp³-hybridized carbons (Fsp3) is 0.444. The molecule has 0 atom stereocenters. The molecule has 2 amide bonds. The summed E-state index contributed by atoms with van der Waals surface area (Å²) in [4.78, 5) is 37.6. The van der Waals surface area contributed by atoms with Gasteiger partial charge in [-0.1, -0.05) is 48.5 Å². The first-order valence-electron chi connectivity index (χ1n) is 12.0. The quantitative estimate of drug-likeness (QED) is 0.648. The molecule has 3 aliphatic carbocycles. The molecule has 0 spiro atoms. The maximum Gasteiger partial charge on any atom is 0.407 e. The summed E-state index contributed by atoms with van der Waals surface area (Å²) >= 11 is 0. The second-order valence-electron chi connectivity index (χ2n) is 9.87. The van der Waals surface area contributed by atoms with E-state index in [1.807, 2.05) is 24.3 Å². The summed E-state index contributed by atoms with van der Waals surface area (Å²) in [5.41, 5.74) is 4.76. The molecule has 178 valence electrons. The van der Waals surface area contributed by atoms with Crippen molar-refractivity contribution >= 4 is 18.0 Å². The minimum atomic E-state index is -0.779. The van der Waals surface area contributed by atoms with Crippen LogP contribution in [0.15, 0.2) is 48.5 Å². The zero-order valence-electron chi connectivity index (χ0n) is 19.3. The molecule has 7 nitrogen and oxygen atoms in total. The highest BCUT2D eigenvalue weighted by Gasteiger charge is 2.40. The van der Waals surface area contributed by atoms with Crippen molar-refractivity contribution in [1.82, 2.24) is 10.2 Å². The number of carboxylic acid groups (broad SMARTS) is 1. The molecule has 0 aliphatic heterocycles. The number of benzene rings is 2. The van der Waals surface area contributed by atoms with Gasteiger partial charge < -0.3 is 20.1 Å². The van der Waals surface area contributed by atoms with Crippen LogP contribution in [0.4, 0.5) is 4.79 Å². The van der Waals surface area contributed by atoms with Crippen LogP contribution in [0, 0.1) is 11.8 Å². The molecule has 0 bridgehead atoms. The van der Waals surface area contributed by atoms with Crippen molar-refractivity contribution in [1.29, 1.82) is 0 Å². The molecule has 2 saturated carbocycles.